The summed E-state index contributed by atoms with van der Waals surface area (Å²) in [5.41, 5.74) is 5.78. The lowest BCUT2D eigenvalue weighted by Crippen LogP contribution is -2.38. The molecule has 2 N–H and O–H groups in total. The summed E-state index contributed by atoms with van der Waals surface area (Å²) in [5, 5.41) is 8.52. The van der Waals surface area contributed by atoms with Crippen molar-refractivity contribution in [1.29, 1.82) is 0 Å². The molecule has 0 atom stereocenters. The van der Waals surface area contributed by atoms with Gasteiger partial charge >= 0.3 is 0 Å². The van der Waals surface area contributed by atoms with Crippen LogP contribution in [0.25, 0.3) is 0 Å². The highest BCUT2D eigenvalue weighted by molar-refractivity contribution is 4.98. The van der Waals surface area contributed by atoms with Crippen molar-refractivity contribution < 1.29 is 4.74 Å². The van der Waals surface area contributed by atoms with Crippen LogP contribution < -0.4 is 5.73 Å². The Labute approximate surface area is 108 Å². The largest absolute Gasteiger partial charge is 0.366 e. The van der Waals surface area contributed by atoms with Crippen LogP contribution in [0, 0.1) is 0 Å². The van der Waals surface area contributed by atoms with Crippen LogP contribution in [-0.2, 0) is 24.3 Å². The van der Waals surface area contributed by atoms with Crippen LogP contribution in [0.3, 0.4) is 0 Å². The third-order valence-electron chi connectivity index (χ3n) is 4.33. The maximum Gasteiger partial charge on any atom is 0.159 e. The highest BCUT2D eigenvalue weighted by atomic mass is 16.5. The van der Waals surface area contributed by atoms with Gasteiger partial charge in [0.2, 0.25) is 0 Å². The molecule has 0 saturated heterocycles. The van der Waals surface area contributed by atoms with E-state index in [2.05, 4.69) is 14.8 Å². The molecule has 1 aliphatic heterocycles. The van der Waals surface area contributed by atoms with Gasteiger partial charge in [0.15, 0.2) is 5.82 Å². The molecule has 1 aromatic rings. The number of nitrogens with two attached hydrogens (primary N) is 1. The average Bonchev–Trinajstić information content (AvgIpc) is 3.04. The van der Waals surface area contributed by atoms with E-state index in [-0.39, 0.29) is 5.60 Å². The zero-order chi connectivity index (χ0) is 12.4. The van der Waals surface area contributed by atoms with Gasteiger partial charge in [-0.25, -0.2) is 0 Å². The minimum atomic E-state index is -0.0962. The molecule has 1 aromatic heterocycles. The molecule has 18 heavy (non-hydrogen) atoms. The second-order valence-electron chi connectivity index (χ2n) is 5.52. The summed E-state index contributed by atoms with van der Waals surface area (Å²) in [6, 6.07) is 0. The Bertz CT molecular complexity index is 409. The molecule has 0 radical (unpaired) electrons. The third kappa shape index (κ3) is 2.17. The van der Waals surface area contributed by atoms with E-state index >= 15 is 0 Å². The maximum atomic E-state index is 6.10. The predicted octanol–water partition coefficient (Wildman–Crippen LogP) is 1.40. The van der Waals surface area contributed by atoms with E-state index in [0.29, 0.717) is 13.2 Å². The zero-order valence-corrected chi connectivity index (χ0v) is 10.9. The predicted molar refractivity (Wildman–Crippen MR) is 68.0 cm³/mol. The van der Waals surface area contributed by atoms with Crippen molar-refractivity contribution in [3.05, 3.63) is 11.6 Å². The van der Waals surface area contributed by atoms with Gasteiger partial charge in [-0.2, -0.15) is 0 Å². The summed E-state index contributed by atoms with van der Waals surface area (Å²) >= 11 is 0. The van der Waals surface area contributed by atoms with E-state index in [1.54, 1.807) is 0 Å². The Balaban J connectivity index is 1.67. The molecular weight excluding hydrogens is 228 g/mol. The van der Waals surface area contributed by atoms with Crippen LogP contribution in [0.4, 0.5) is 0 Å². The summed E-state index contributed by atoms with van der Waals surface area (Å²) in [6.45, 7) is 2.22. The van der Waals surface area contributed by atoms with Crippen molar-refractivity contribution in [2.75, 3.05) is 6.54 Å². The second kappa shape index (κ2) is 4.97. The molecule has 0 bridgehead atoms. The highest BCUT2D eigenvalue weighted by Crippen LogP contribution is 2.33. The number of aromatic nitrogens is 3. The minimum absolute atomic E-state index is 0.0962. The molecule has 0 amide bonds. The monoisotopic (exact) mass is 250 g/mol. The van der Waals surface area contributed by atoms with Crippen LogP contribution in [0.5, 0.6) is 0 Å². The van der Waals surface area contributed by atoms with Crippen LogP contribution in [0.15, 0.2) is 0 Å². The number of ether oxygens (including phenoxy) is 1. The fourth-order valence-corrected chi connectivity index (χ4v) is 3.12. The summed E-state index contributed by atoms with van der Waals surface area (Å²) < 4.78 is 8.33. The van der Waals surface area contributed by atoms with Crippen molar-refractivity contribution >= 4 is 0 Å². The minimum Gasteiger partial charge on any atom is -0.366 e. The number of nitrogens with zero attached hydrogens (tertiary/aromatic N) is 3. The normalized spacial score (nSPS) is 22.1. The summed E-state index contributed by atoms with van der Waals surface area (Å²) in [6.07, 6.45) is 8.14. The Morgan fingerprint density at radius 3 is 2.78 bits per heavy atom. The Kier molecular flexibility index (Phi) is 3.35. The number of hydrogen-bond acceptors (Lipinski definition) is 4. The van der Waals surface area contributed by atoms with Gasteiger partial charge in [0.1, 0.15) is 12.4 Å². The first kappa shape index (κ1) is 12.1. The quantitative estimate of drug-likeness (QED) is 0.877. The molecule has 5 nitrogen and oxygen atoms in total. The van der Waals surface area contributed by atoms with Crippen molar-refractivity contribution in [3.63, 3.8) is 0 Å². The topological polar surface area (TPSA) is 66.0 Å². The lowest BCUT2D eigenvalue weighted by atomic mass is 10.0. The van der Waals surface area contributed by atoms with Crippen LogP contribution >= 0.6 is 0 Å². The molecule has 1 fully saturated rings. The lowest BCUT2D eigenvalue weighted by molar-refractivity contribution is -0.0487. The summed E-state index contributed by atoms with van der Waals surface area (Å²) in [4.78, 5) is 0. The van der Waals surface area contributed by atoms with Gasteiger partial charge in [-0.3, -0.25) is 0 Å². The lowest BCUT2D eigenvalue weighted by Gasteiger charge is -2.27. The molecule has 0 spiro atoms. The fraction of sp³-hybridized carbons (Fsp3) is 0.846. The molecule has 3 rings (SSSR count). The smallest absolute Gasteiger partial charge is 0.159 e. The number of aryl methyl sites for hydroxylation is 1. The van der Waals surface area contributed by atoms with Gasteiger partial charge in [-0.1, -0.05) is 12.8 Å². The number of rotatable bonds is 4. The third-order valence-corrected chi connectivity index (χ3v) is 4.33. The van der Waals surface area contributed by atoms with Gasteiger partial charge in [0, 0.05) is 19.5 Å². The van der Waals surface area contributed by atoms with E-state index < -0.39 is 0 Å². The molecule has 1 aliphatic carbocycles. The van der Waals surface area contributed by atoms with E-state index in [1.807, 2.05) is 0 Å². The number of fused-ring (bicyclic) bond motifs is 1. The van der Waals surface area contributed by atoms with Crippen LogP contribution in [0.2, 0.25) is 0 Å². The van der Waals surface area contributed by atoms with Gasteiger partial charge in [0.05, 0.1) is 5.60 Å². The van der Waals surface area contributed by atoms with Crippen LogP contribution in [0.1, 0.15) is 50.2 Å². The Morgan fingerprint density at radius 2 is 2.00 bits per heavy atom. The Hall–Kier alpha value is -0.940. The molecule has 2 aliphatic rings. The second-order valence-corrected chi connectivity index (χ2v) is 5.52. The van der Waals surface area contributed by atoms with Crippen LogP contribution in [-0.4, -0.2) is 26.9 Å². The van der Waals surface area contributed by atoms with Gasteiger partial charge in [-0.15, -0.1) is 10.2 Å². The van der Waals surface area contributed by atoms with Crippen molar-refractivity contribution in [2.45, 2.75) is 63.7 Å². The molecule has 0 unspecified atom stereocenters. The molecule has 5 heteroatoms. The van der Waals surface area contributed by atoms with E-state index in [1.165, 1.54) is 25.7 Å². The van der Waals surface area contributed by atoms with Crippen molar-refractivity contribution in [2.24, 2.45) is 5.73 Å². The van der Waals surface area contributed by atoms with E-state index in [9.17, 15) is 0 Å². The standard InChI is InChI=1S/C13H22N4O/c14-10-13(6-2-3-7-13)18-9-12-16-15-11-5-1-4-8-17(11)12/h1-10,14H2. The molecule has 0 aromatic carbocycles. The number of hydrogen-bond donors (Lipinski definition) is 1. The molecule has 2 heterocycles. The first-order valence-electron chi connectivity index (χ1n) is 7.08. The maximum absolute atomic E-state index is 6.10. The first-order valence-corrected chi connectivity index (χ1v) is 7.08. The summed E-state index contributed by atoms with van der Waals surface area (Å²) in [5.74, 6) is 2.09. The van der Waals surface area contributed by atoms with Gasteiger partial charge in [-0.05, 0) is 25.7 Å². The SMILES string of the molecule is NCC1(OCc2nnc3n2CCCC3)CCCC1. The fourth-order valence-electron chi connectivity index (χ4n) is 3.12. The van der Waals surface area contributed by atoms with Crippen molar-refractivity contribution in [1.82, 2.24) is 14.8 Å². The van der Waals surface area contributed by atoms with Gasteiger partial charge < -0.3 is 15.0 Å². The Morgan fingerprint density at radius 1 is 1.17 bits per heavy atom. The van der Waals surface area contributed by atoms with E-state index in [0.717, 1.165) is 37.5 Å². The molecule has 1 saturated carbocycles. The summed E-state index contributed by atoms with van der Waals surface area (Å²) in [7, 11) is 0. The first-order chi connectivity index (χ1) is 8.83. The zero-order valence-electron chi connectivity index (χ0n) is 10.9. The highest BCUT2D eigenvalue weighted by Gasteiger charge is 2.34. The average molecular weight is 250 g/mol. The van der Waals surface area contributed by atoms with Crippen molar-refractivity contribution in [3.8, 4) is 0 Å². The van der Waals surface area contributed by atoms with E-state index in [4.69, 9.17) is 10.5 Å². The van der Waals surface area contributed by atoms with Gasteiger partial charge in [0.25, 0.3) is 0 Å². The molecular formula is C13H22N4O. The molecule has 100 valence electrons.